The first-order valence-electron chi connectivity index (χ1n) is 8.28. The maximum absolute atomic E-state index is 14.3. The molecule has 2 heterocycles. The number of halogens is 1. The minimum absolute atomic E-state index is 0.214. The van der Waals surface area contributed by atoms with Crippen molar-refractivity contribution in [2.45, 2.75) is 32.9 Å². The van der Waals surface area contributed by atoms with E-state index in [1.54, 1.807) is 12.1 Å². The van der Waals surface area contributed by atoms with Gasteiger partial charge in [0.15, 0.2) is 0 Å². The number of benzene rings is 1. The zero-order chi connectivity index (χ0) is 18.1. The molecular formula is C18H21FN4O2. The van der Waals surface area contributed by atoms with Crippen LogP contribution in [0.4, 0.5) is 9.18 Å². The Morgan fingerprint density at radius 2 is 1.96 bits per heavy atom. The van der Waals surface area contributed by atoms with Crippen LogP contribution < -0.4 is 11.5 Å². The van der Waals surface area contributed by atoms with E-state index in [1.165, 1.54) is 11.0 Å². The number of rotatable bonds is 4. The van der Waals surface area contributed by atoms with E-state index in [0.29, 0.717) is 47.5 Å². The van der Waals surface area contributed by atoms with Crippen LogP contribution in [0.25, 0.3) is 11.1 Å². The molecule has 7 heteroatoms. The van der Waals surface area contributed by atoms with Gasteiger partial charge in [-0.2, -0.15) is 0 Å². The summed E-state index contributed by atoms with van der Waals surface area (Å²) in [6, 6.07) is 4.31. The summed E-state index contributed by atoms with van der Waals surface area (Å²) >= 11 is 0. The Labute approximate surface area is 145 Å². The largest absolute Gasteiger partial charge is 0.366 e. The van der Waals surface area contributed by atoms with Crippen LogP contribution in [0.3, 0.4) is 0 Å². The highest BCUT2D eigenvalue weighted by Gasteiger charge is 2.28. The minimum Gasteiger partial charge on any atom is -0.366 e. The molecule has 1 aromatic carbocycles. The number of fused-ring (bicyclic) bond motifs is 1. The monoisotopic (exact) mass is 344 g/mol. The third kappa shape index (κ3) is 2.97. The Morgan fingerprint density at radius 1 is 1.20 bits per heavy atom. The number of aromatic nitrogens is 1. The molecule has 0 fully saturated rings. The van der Waals surface area contributed by atoms with Crippen LogP contribution in [0.5, 0.6) is 0 Å². The maximum Gasteiger partial charge on any atom is 0.315 e. The van der Waals surface area contributed by atoms with Crippen LogP contribution in [0, 0.1) is 5.82 Å². The van der Waals surface area contributed by atoms with Crippen LogP contribution >= 0.6 is 0 Å². The van der Waals surface area contributed by atoms with Gasteiger partial charge in [-0.25, -0.2) is 9.18 Å². The molecule has 0 unspecified atom stereocenters. The molecule has 0 spiro atoms. The fraction of sp³-hybridized carbons (Fsp3) is 0.333. The van der Waals surface area contributed by atoms with Crippen molar-refractivity contribution in [3.63, 3.8) is 0 Å². The molecule has 25 heavy (non-hydrogen) atoms. The molecule has 3 rings (SSSR count). The average Bonchev–Trinajstić information content (AvgIpc) is 2.95. The predicted octanol–water partition coefficient (Wildman–Crippen LogP) is 2.24. The zero-order valence-corrected chi connectivity index (χ0v) is 14.1. The molecule has 0 radical (unpaired) electrons. The predicted molar refractivity (Wildman–Crippen MR) is 92.3 cm³/mol. The highest BCUT2D eigenvalue weighted by atomic mass is 19.1. The summed E-state index contributed by atoms with van der Waals surface area (Å²) in [5, 5.41) is 0. The van der Waals surface area contributed by atoms with Gasteiger partial charge in [-0.3, -0.25) is 4.79 Å². The van der Waals surface area contributed by atoms with Crippen LogP contribution in [0.2, 0.25) is 0 Å². The summed E-state index contributed by atoms with van der Waals surface area (Å²) in [6.07, 6.45) is 3.17. The normalized spacial score (nSPS) is 13.6. The number of nitrogens with two attached hydrogens (primary N) is 2. The Balaban J connectivity index is 2.18. The first kappa shape index (κ1) is 17.0. The molecule has 0 aliphatic carbocycles. The van der Waals surface area contributed by atoms with Gasteiger partial charge < -0.3 is 20.9 Å². The van der Waals surface area contributed by atoms with Crippen molar-refractivity contribution < 1.29 is 14.0 Å². The molecule has 4 N–H and O–H groups in total. The highest BCUT2D eigenvalue weighted by molar-refractivity contribution is 6.01. The number of nitrogens with zero attached hydrogens (tertiary/aromatic N) is 2. The van der Waals surface area contributed by atoms with Gasteiger partial charge in [-0.05, 0) is 23.6 Å². The summed E-state index contributed by atoms with van der Waals surface area (Å²) in [6.45, 7) is 3.16. The molecule has 3 amide bonds. The fourth-order valence-electron chi connectivity index (χ4n) is 3.44. The number of carbonyl (C=O) groups excluding carboxylic acids is 2. The van der Waals surface area contributed by atoms with E-state index in [2.05, 4.69) is 0 Å². The van der Waals surface area contributed by atoms with Crippen molar-refractivity contribution in [3.05, 3.63) is 47.0 Å². The second-order valence-corrected chi connectivity index (χ2v) is 6.20. The van der Waals surface area contributed by atoms with Gasteiger partial charge in [0, 0.05) is 24.8 Å². The Hall–Kier alpha value is -2.83. The number of carbonyl (C=O) groups is 2. The van der Waals surface area contributed by atoms with Gasteiger partial charge in [0.05, 0.1) is 17.8 Å². The summed E-state index contributed by atoms with van der Waals surface area (Å²) in [7, 11) is 0. The Bertz CT molecular complexity index is 844. The molecule has 0 atom stereocenters. The minimum atomic E-state index is -0.596. The zero-order valence-electron chi connectivity index (χ0n) is 14.1. The Morgan fingerprint density at radius 3 is 2.60 bits per heavy atom. The van der Waals surface area contributed by atoms with E-state index in [1.807, 2.05) is 17.7 Å². The lowest BCUT2D eigenvalue weighted by Crippen LogP contribution is -2.41. The highest BCUT2D eigenvalue weighted by Crippen LogP contribution is 2.34. The van der Waals surface area contributed by atoms with Crippen LogP contribution in [-0.2, 0) is 19.5 Å². The van der Waals surface area contributed by atoms with Crippen molar-refractivity contribution in [2.24, 2.45) is 11.5 Å². The second-order valence-electron chi connectivity index (χ2n) is 6.20. The van der Waals surface area contributed by atoms with Crippen molar-refractivity contribution in [1.82, 2.24) is 9.47 Å². The third-order valence-electron chi connectivity index (χ3n) is 4.61. The number of urea groups is 1. The van der Waals surface area contributed by atoms with E-state index in [4.69, 9.17) is 11.5 Å². The summed E-state index contributed by atoms with van der Waals surface area (Å²) in [5.41, 5.74) is 13.8. The maximum atomic E-state index is 14.3. The summed E-state index contributed by atoms with van der Waals surface area (Å²) in [5.74, 6) is -0.889. The second kappa shape index (κ2) is 6.58. The molecule has 0 saturated heterocycles. The van der Waals surface area contributed by atoms with Crippen molar-refractivity contribution >= 4 is 11.9 Å². The van der Waals surface area contributed by atoms with Crippen molar-refractivity contribution in [1.29, 1.82) is 0 Å². The van der Waals surface area contributed by atoms with Crippen LogP contribution in [-0.4, -0.2) is 28.0 Å². The van der Waals surface area contributed by atoms with Gasteiger partial charge in [0.2, 0.25) is 0 Å². The molecule has 1 aliphatic heterocycles. The van der Waals surface area contributed by atoms with E-state index < -0.39 is 11.9 Å². The summed E-state index contributed by atoms with van der Waals surface area (Å²) in [4.78, 5) is 25.1. The molecule has 0 bridgehead atoms. The van der Waals surface area contributed by atoms with Crippen LogP contribution in [0.1, 0.15) is 35.0 Å². The molecule has 1 aliphatic rings. The molecular weight excluding hydrogens is 323 g/mol. The first-order valence-corrected chi connectivity index (χ1v) is 8.28. The van der Waals surface area contributed by atoms with Gasteiger partial charge in [0.1, 0.15) is 5.82 Å². The quantitative estimate of drug-likeness (QED) is 0.890. The molecule has 1 aromatic heterocycles. The lowest BCUT2D eigenvalue weighted by Gasteiger charge is -2.27. The van der Waals surface area contributed by atoms with Crippen LogP contribution in [0.15, 0.2) is 24.4 Å². The standard InChI is InChI=1S/C18H21FN4O2/c1-2-4-12-11(5-3-6-14(12)19)13-9-22-7-8-23(18(21)25)10-15(22)16(13)17(20)24/h3,5-6,9H,2,4,7-8,10H2,1H3,(H2,20,24)(H2,21,25). The average molecular weight is 344 g/mol. The van der Waals surface area contributed by atoms with Crippen molar-refractivity contribution in [3.8, 4) is 11.1 Å². The van der Waals surface area contributed by atoms with Gasteiger partial charge >= 0.3 is 6.03 Å². The summed E-state index contributed by atoms with van der Waals surface area (Å²) < 4.78 is 16.2. The first-order chi connectivity index (χ1) is 11.9. The number of hydrogen-bond donors (Lipinski definition) is 2. The smallest absolute Gasteiger partial charge is 0.315 e. The number of hydrogen-bond acceptors (Lipinski definition) is 2. The molecule has 132 valence electrons. The number of amides is 3. The molecule has 0 saturated carbocycles. The van der Waals surface area contributed by atoms with E-state index in [-0.39, 0.29) is 12.4 Å². The Kier molecular flexibility index (Phi) is 4.48. The number of primary amides is 2. The lowest BCUT2D eigenvalue weighted by atomic mass is 9.94. The van der Waals surface area contributed by atoms with Gasteiger partial charge in [-0.15, -0.1) is 0 Å². The molecule has 6 nitrogen and oxygen atoms in total. The third-order valence-corrected chi connectivity index (χ3v) is 4.61. The van der Waals surface area contributed by atoms with E-state index >= 15 is 0 Å². The lowest BCUT2D eigenvalue weighted by molar-refractivity contribution is 0.0997. The van der Waals surface area contributed by atoms with Gasteiger partial charge in [-0.1, -0.05) is 25.5 Å². The van der Waals surface area contributed by atoms with E-state index in [0.717, 1.165) is 6.42 Å². The van der Waals surface area contributed by atoms with Gasteiger partial charge in [0.25, 0.3) is 5.91 Å². The van der Waals surface area contributed by atoms with E-state index in [9.17, 15) is 14.0 Å². The molecule has 2 aromatic rings. The fourth-order valence-corrected chi connectivity index (χ4v) is 3.44. The van der Waals surface area contributed by atoms with Crippen molar-refractivity contribution in [2.75, 3.05) is 6.54 Å². The SMILES string of the molecule is CCCc1c(F)cccc1-c1cn2c(c1C(N)=O)CN(C(N)=O)CC2. The topological polar surface area (TPSA) is 94.3 Å².